The summed E-state index contributed by atoms with van der Waals surface area (Å²) in [6.45, 7) is 11.4. The van der Waals surface area contributed by atoms with Crippen LogP contribution in [-0.2, 0) is 6.42 Å². The molecule has 1 saturated carbocycles. The Morgan fingerprint density at radius 1 is 1.29 bits per heavy atom. The van der Waals surface area contributed by atoms with E-state index in [1.54, 1.807) is 0 Å². The molecule has 1 unspecified atom stereocenters. The van der Waals surface area contributed by atoms with Crippen molar-refractivity contribution in [2.45, 2.75) is 78.7 Å². The Morgan fingerprint density at radius 3 is 2.43 bits per heavy atom. The molecule has 120 valence electrons. The molecule has 1 aliphatic carbocycles. The van der Waals surface area contributed by atoms with Crippen LogP contribution in [0.25, 0.3) is 0 Å². The van der Waals surface area contributed by atoms with Crippen LogP contribution in [0.3, 0.4) is 0 Å². The molecule has 21 heavy (non-hydrogen) atoms. The molecule has 4 heteroatoms. The van der Waals surface area contributed by atoms with E-state index < -0.39 is 0 Å². The summed E-state index contributed by atoms with van der Waals surface area (Å²) in [5, 5.41) is 7.61. The molecule has 0 saturated heterocycles. The summed E-state index contributed by atoms with van der Waals surface area (Å²) in [6, 6.07) is 0.344. The molecule has 1 aromatic rings. The van der Waals surface area contributed by atoms with E-state index in [1.807, 2.05) is 7.05 Å². The Hall–Kier alpha value is -0.900. The first kappa shape index (κ1) is 16.5. The highest BCUT2D eigenvalue weighted by Crippen LogP contribution is 2.41. The van der Waals surface area contributed by atoms with Gasteiger partial charge in [-0.1, -0.05) is 39.8 Å². The maximum Gasteiger partial charge on any atom is 0.228 e. The fourth-order valence-electron chi connectivity index (χ4n) is 3.19. The lowest BCUT2D eigenvalue weighted by molar-refractivity contribution is 0.218. The van der Waals surface area contributed by atoms with Crippen LogP contribution < -0.4 is 5.32 Å². The van der Waals surface area contributed by atoms with Crippen molar-refractivity contribution in [1.82, 2.24) is 15.5 Å². The van der Waals surface area contributed by atoms with E-state index in [9.17, 15) is 0 Å². The van der Waals surface area contributed by atoms with Crippen LogP contribution in [0.4, 0.5) is 0 Å². The minimum Gasteiger partial charge on any atom is -0.339 e. The van der Waals surface area contributed by atoms with E-state index in [4.69, 9.17) is 4.52 Å². The van der Waals surface area contributed by atoms with Gasteiger partial charge < -0.3 is 9.84 Å². The third-order valence-corrected chi connectivity index (χ3v) is 4.96. The van der Waals surface area contributed by atoms with Gasteiger partial charge in [0.25, 0.3) is 0 Å². The molecule has 1 fully saturated rings. The fraction of sp³-hybridized carbons (Fsp3) is 0.882. The number of rotatable bonds is 4. The molecule has 0 spiro atoms. The highest BCUT2D eigenvalue weighted by atomic mass is 16.5. The number of likely N-dealkylation sites (N-methyl/N-ethyl adjacent to an activating group) is 1. The Labute approximate surface area is 129 Å². The number of hydrogen-bond acceptors (Lipinski definition) is 4. The van der Waals surface area contributed by atoms with Crippen molar-refractivity contribution in [3.05, 3.63) is 11.7 Å². The minimum atomic E-state index is 0.179. The van der Waals surface area contributed by atoms with Crippen LogP contribution in [0.2, 0.25) is 0 Å². The van der Waals surface area contributed by atoms with Gasteiger partial charge in [0, 0.05) is 18.4 Å². The predicted octanol–water partition coefficient (Wildman–Crippen LogP) is 3.93. The molecular weight excluding hydrogens is 262 g/mol. The number of aromatic nitrogens is 2. The highest BCUT2D eigenvalue weighted by molar-refractivity contribution is 5.00. The molecule has 0 aromatic carbocycles. The number of nitrogens with one attached hydrogen (secondary N) is 1. The second kappa shape index (κ2) is 6.07. The van der Waals surface area contributed by atoms with Gasteiger partial charge in [-0.3, -0.25) is 0 Å². The summed E-state index contributed by atoms with van der Waals surface area (Å²) in [7, 11) is 2.00. The maximum atomic E-state index is 5.50. The van der Waals surface area contributed by atoms with E-state index in [1.165, 1.54) is 25.7 Å². The first-order valence-corrected chi connectivity index (χ1v) is 8.21. The number of nitrogens with zero attached hydrogens (tertiary/aromatic N) is 2. The summed E-state index contributed by atoms with van der Waals surface area (Å²) >= 11 is 0. The zero-order valence-corrected chi connectivity index (χ0v) is 14.5. The Bertz CT molecular complexity index is 449. The summed E-state index contributed by atoms with van der Waals surface area (Å²) in [4.78, 5) is 4.67. The van der Waals surface area contributed by atoms with Crippen LogP contribution in [0.5, 0.6) is 0 Å². The second-order valence-electron chi connectivity index (χ2n) is 8.40. The van der Waals surface area contributed by atoms with E-state index in [-0.39, 0.29) is 5.41 Å². The zero-order chi connectivity index (χ0) is 15.7. The molecule has 1 aliphatic rings. The molecule has 4 nitrogen and oxygen atoms in total. The summed E-state index contributed by atoms with van der Waals surface area (Å²) in [5.74, 6) is 2.17. The van der Waals surface area contributed by atoms with Crippen molar-refractivity contribution in [1.29, 1.82) is 0 Å². The van der Waals surface area contributed by atoms with Gasteiger partial charge in [-0.15, -0.1) is 0 Å². The molecule has 1 aromatic heterocycles. The standard InChI is InChI=1S/C17H31N3O/c1-16(2,3)13(18-6)11-14-19-15(20-21-14)12-7-9-17(4,5)10-8-12/h12-13,18H,7-11H2,1-6H3. The molecular formula is C17H31N3O. The molecule has 2 rings (SSSR count). The van der Waals surface area contributed by atoms with E-state index >= 15 is 0 Å². The van der Waals surface area contributed by atoms with Crippen LogP contribution in [0.15, 0.2) is 4.52 Å². The quantitative estimate of drug-likeness (QED) is 0.914. The lowest BCUT2D eigenvalue weighted by atomic mass is 9.73. The maximum absolute atomic E-state index is 5.50. The van der Waals surface area contributed by atoms with Crippen LogP contribution in [0.1, 0.15) is 77.9 Å². The lowest BCUT2D eigenvalue weighted by Gasteiger charge is -2.32. The van der Waals surface area contributed by atoms with Gasteiger partial charge in [-0.05, 0) is 43.6 Å². The third-order valence-electron chi connectivity index (χ3n) is 4.96. The van der Waals surface area contributed by atoms with Gasteiger partial charge >= 0.3 is 0 Å². The zero-order valence-electron chi connectivity index (χ0n) is 14.5. The van der Waals surface area contributed by atoms with Crippen molar-refractivity contribution in [3.8, 4) is 0 Å². The largest absolute Gasteiger partial charge is 0.339 e. The molecule has 1 heterocycles. The van der Waals surface area contributed by atoms with Crippen LogP contribution >= 0.6 is 0 Å². The Kier molecular flexibility index (Phi) is 4.76. The molecule has 0 radical (unpaired) electrons. The van der Waals surface area contributed by atoms with E-state index in [0.29, 0.717) is 17.4 Å². The van der Waals surface area contributed by atoms with Crippen molar-refractivity contribution >= 4 is 0 Å². The van der Waals surface area contributed by atoms with E-state index in [0.717, 1.165) is 18.1 Å². The molecule has 1 atom stereocenters. The average Bonchev–Trinajstić information content (AvgIpc) is 2.83. The first-order chi connectivity index (χ1) is 9.71. The molecule has 1 N–H and O–H groups in total. The molecule has 0 aliphatic heterocycles. The minimum absolute atomic E-state index is 0.179. The van der Waals surface area contributed by atoms with Gasteiger partial charge in [0.05, 0.1) is 0 Å². The van der Waals surface area contributed by atoms with Crippen molar-refractivity contribution < 1.29 is 4.52 Å². The summed E-state index contributed by atoms with van der Waals surface area (Å²) < 4.78 is 5.50. The van der Waals surface area contributed by atoms with Crippen molar-refractivity contribution in [3.63, 3.8) is 0 Å². The lowest BCUT2D eigenvalue weighted by Crippen LogP contribution is -2.39. The number of hydrogen-bond donors (Lipinski definition) is 1. The highest BCUT2D eigenvalue weighted by Gasteiger charge is 2.31. The van der Waals surface area contributed by atoms with Gasteiger partial charge in [-0.2, -0.15) is 4.98 Å². The monoisotopic (exact) mass is 293 g/mol. The Balaban J connectivity index is 1.99. The average molecular weight is 293 g/mol. The summed E-state index contributed by atoms with van der Waals surface area (Å²) in [6.07, 6.45) is 5.66. The van der Waals surface area contributed by atoms with Crippen molar-refractivity contribution in [2.75, 3.05) is 7.05 Å². The SMILES string of the molecule is CNC(Cc1nc(C2CCC(C)(C)CC2)no1)C(C)(C)C. The Morgan fingerprint density at radius 2 is 1.90 bits per heavy atom. The molecule has 0 bridgehead atoms. The van der Waals surface area contributed by atoms with Crippen LogP contribution in [0, 0.1) is 10.8 Å². The molecule has 0 amide bonds. The normalized spacial score (nSPS) is 21.4. The summed E-state index contributed by atoms with van der Waals surface area (Å²) in [5.41, 5.74) is 0.658. The topological polar surface area (TPSA) is 51.0 Å². The second-order valence-corrected chi connectivity index (χ2v) is 8.40. The smallest absolute Gasteiger partial charge is 0.228 e. The van der Waals surface area contributed by atoms with Gasteiger partial charge in [0.15, 0.2) is 5.82 Å². The van der Waals surface area contributed by atoms with Crippen LogP contribution in [-0.4, -0.2) is 23.2 Å². The fourth-order valence-corrected chi connectivity index (χ4v) is 3.19. The van der Waals surface area contributed by atoms with Gasteiger partial charge in [0.2, 0.25) is 5.89 Å². The van der Waals surface area contributed by atoms with Gasteiger partial charge in [-0.25, -0.2) is 0 Å². The van der Waals surface area contributed by atoms with E-state index in [2.05, 4.69) is 50.1 Å². The predicted molar refractivity (Wildman–Crippen MR) is 85.3 cm³/mol. The third kappa shape index (κ3) is 4.29. The van der Waals surface area contributed by atoms with Gasteiger partial charge in [0.1, 0.15) is 0 Å². The first-order valence-electron chi connectivity index (χ1n) is 8.21. The van der Waals surface area contributed by atoms with Crippen molar-refractivity contribution in [2.24, 2.45) is 10.8 Å².